The van der Waals surface area contributed by atoms with E-state index in [1.807, 2.05) is 13.8 Å². The number of pyridine rings is 1. The molecule has 0 radical (unpaired) electrons. The van der Waals surface area contributed by atoms with E-state index in [4.69, 9.17) is 4.74 Å². The van der Waals surface area contributed by atoms with E-state index in [1.54, 1.807) is 72.8 Å². The minimum atomic E-state index is -4.01. The number of sulfone groups is 1. The van der Waals surface area contributed by atoms with Crippen LogP contribution in [-0.2, 0) is 9.84 Å². The van der Waals surface area contributed by atoms with Crippen LogP contribution in [0.1, 0.15) is 28.4 Å². The van der Waals surface area contributed by atoms with Gasteiger partial charge in [-0.2, -0.15) is 0 Å². The van der Waals surface area contributed by atoms with Crippen molar-refractivity contribution in [3.8, 4) is 5.75 Å². The number of rotatable bonds is 6. The minimum absolute atomic E-state index is 0.0351. The lowest BCUT2D eigenvalue weighted by atomic mass is 10.0. The summed E-state index contributed by atoms with van der Waals surface area (Å²) in [4.78, 5) is 17.7. The van der Waals surface area contributed by atoms with Gasteiger partial charge in [-0.05, 0) is 44.2 Å². The topological polar surface area (TPSA) is 73.3 Å². The Morgan fingerprint density at radius 2 is 1.68 bits per heavy atom. The summed E-state index contributed by atoms with van der Waals surface area (Å²) in [6.07, 6.45) is 1.35. The predicted molar refractivity (Wildman–Crippen MR) is 119 cm³/mol. The van der Waals surface area contributed by atoms with Crippen LogP contribution in [0.25, 0.3) is 10.9 Å². The zero-order valence-electron chi connectivity index (χ0n) is 17.2. The number of carbonyl (C=O) groups is 1. The second-order valence-corrected chi connectivity index (χ2v) is 9.01. The molecule has 0 aliphatic heterocycles. The summed E-state index contributed by atoms with van der Waals surface area (Å²) in [5.41, 5.74) is 1.84. The molecule has 0 aliphatic rings. The monoisotopic (exact) mass is 431 g/mol. The standard InChI is InChI=1S/C25H21NO4S/c1-3-30-19-11-14-23-21(15-19)25(31(28,29)20-12-9-17(2)10-13-20)22(16-26-23)24(27)18-7-5-4-6-8-18/h4-16H,3H2,1-2H3. The Balaban J connectivity index is 2.04. The van der Waals surface area contributed by atoms with Crippen molar-refractivity contribution in [3.05, 3.63) is 95.7 Å². The lowest BCUT2D eigenvalue weighted by molar-refractivity contribution is 0.103. The molecule has 1 heterocycles. The molecule has 0 atom stereocenters. The molecule has 0 saturated heterocycles. The molecule has 4 rings (SSSR count). The van der Waals surface area contributed by atoms with Gasteiger partial charge in [0.25, 0.3) is 0 Å². The predicted octanol–water partition coefficient (Wildman–Crippen LogP) is 5.01. The molecule has 4 aromatic rings. The Kier molecular flexibility index (Phi) is 5.57. The molecule has 156 valence electrons. The van der Waals surface area contributed by atoms with E-state index in [0.29, 0.717) is 28.8 Å². The quantitative estimate of drug-likeness (QED) is 0.402. The van der Waals surface area contributed by atoms with Crippen LogP contribution in [0.15, 0.2) is 88.8 Å². The molecule has 0 amide bonds. The summed E-state index contributed by atoms with van der Waals surface area (Å²) in [7, 11) is -4.01. The number of ether oxygens (including phenoxy) is 1. The van der Waals surface area contributed by atoms with Gasteiger partial charge in [0.2, 0.25) is 9.84 Å². The van der Waals surface area contributed by atoms with Gasteiger partial charge < -0.3 is 4.74 Å². The van der Waals surface area contributed by atoms with Gasteiger partial charge in [-0.1, -0.05) is 48.0 Å². The van der Waals surface area contributed by atoms with Gasteiger partial charge in [0.05, 0.1) is 27.5 Å². The number of aryl methyl sites for hydroxylation is 1. The second-order valence-electron chi connectivity index (χ2n) is 7.12. The molecule has 0 unspecified atom stereocenters. The fourth-order valence-electron chi connectivity index (χ4n) is 3.44. The van der Waals surface area contributed by atoms with Gasteiger partial charge in [-0.25, -0.2) is 8.42 Å². The van der Waals surface area contributed by atoms with E-state index in [-0.39, 0.29) is 15.4 Å². The average molecular weight is 432 g/mol. The zero-order valence-corrected chi connectivity index (χ0v) is 18.0. The molecule has 0 N–H and O–H groups in total. The molecule has 0 saturated carbocycles. The number of hydrogen-bond acceptors (Lipinski definition) is 5. The number of fused-ring (bicyclic) bond motifs is 1. The molecule has 31 heavy (non-hydrogen) atoms. The maximum Gasteiger partial charge on any atom is 0.208 e. The third-order valence-corrected chi connectivity index (χ3v) is 6.85. The molecular weight excluding hydrogens is 410 g/mol. The van der Waals surface area contributed by atoms with Crippen molar-refractivity contribution in [1.82, 2.24) is 4.98 Å². The molecule has 0 fully saturated rings. The fourth-order valence-corrected chi connectivity index (χ4v) is 5.05. The molecule has 3 aromatic carbocycles. The maximum atomic E-state index is 13.8. The largest absolute Gasteiger partial charge is 0.494 e. The van der Waals surface area contributed by atoms with E-state index in [0.717, 1.165) is 5.56 Å². The molecule has 1 aromatic heterocycles. The first-order valence-electron chi connectivity index (χ1n) is 9.89. The van der Waals surface area contributed by atoms with Crippen LogP contribution in [0.2, 0.25) is 0 Å². The van der Waals surface area contributed by atoms with Gasteiger partial charge in [0.15, 0.2) is 5.78 Å². The van der Waals surface area contributed by atoms with Gasteiger partial charge in [-0.3, -0.25) is 9.78 Å². The fraction of sp³-hybridized carbons (Fsp3) is 0.120. The second kappa shape index (κ2) is 8.32. The van der Waals surface area contributed by atoms with E-state index >= 15 is 0 Å². The van der Waals surface area contributed by atoms with Gasteiger partial charge in [0.1, 0.15) is 5.75 Å². The highest BCUT2D eigenvalue weighted by molar-refractivity contribution is 7.91. The summed E-state index contributed by atoms with van der Waals surface area (Å²) in [5.74, 6) is 0.115. The Labute approximate surface area is 181 Å². The first kappa shape index (κ1) is 20.8. The van der Waals surface area contributed by atoms with Gasteiger partial charge in [-0.15, -0.1) is 0 Å². The molecule has 0 aliphatic carbocycles. The number of ketones is 1. The van der Waals surface area contributed by atoms with Crippen LogP contribution in [-0.4, -0.2) is 25.8 Å². The number of aromatic nitrogens is 1. The lowest BCUT2D eigenvalue weighted by Crippen LogP contribution is -2.13. The molecule has 5 nitrogen and oxygen atoms in total. The van der Waals surface area contributed by atoms with Crippen molar-refractivity contribution in [2.45, 2.75) is 23.6 Å². The average Bonchev–Trinajstić information content (AvgIpc) is 2.78. The smallest absolute Gasteiger partial charge is 0.208 e. The van der Waals surface area contributed by atoms with E-state index in [2.05, 4.69) is 4.98 Å². The summed E-state index contributed by atoms with van der Waals surface area (Å²) in [6, 6.07) is 20.2. The summed E-state index contributed by atoms with van der Waals surface area (Å²) in [6.45, 7) is 4.17. The summed E-state index contributed by atoms with van der Waals surface area (Å²) < 4.78 is 33.1. The highest BCUT2D eigenvalue weighted by Gasteiger charge is 2.28. The van der Waals surface area contributed by atoms with Crippen LogP contribution in [0, 0.1) is 6.92 Å². The Hall–Kier alpha value is -3.51. The molecule has 0 spiro atoms. The minimum Gasteiger partial charge on any atom is -0.494 e. The van der Waals surface area contributed by atoms with Crippen molar-refractivity contribution < 1.29 is 17.9 Å². The third kappa shape index (κ3) is 3.94. The number of benzene rings is 3. The van der Waals surface area contributed by atoms with Gasteiger partial charge >= 0.3 is 0 Å². The van der Waals surface area contributed by atoms with E-state index < -0.39 is 15.6 Å². The van der Waals surface area contributed by atoms with Crippen molar-refractivity contribution in [1.29, 1.82) is 0 Å². The molecule has 0 bridgehead atoms. The first-order valence-corrected chi connectivity index (χ1v) is 11.4. The Morgan fingerprint density at radius 3 is 2.35 bits per heavy atom. The van der Waals surface area contributed by atoms with Crippen molar-refractivity contribution in [3.63, 3.8) is 0 Å². The zero-order chi connectivity index (χ0) is 22.0. The third-order valence-electron chi connectivity index (χ3n) is 4.98. The number of carbonyl (C=O) groups excluding carboxylic acids is 1. The highest BCUT2D eigenvalue weighted by Crippen LogP contribution is 2.34. The Morgan fingerprint density at radius 1 is 0.968 bits per heavy atom. The SMILES string of the molecule is CCOc1ccc2ncc(C(=O)c3ccccc3)c(S(=O)(=O)c3ccc(C)cc3)c2c1. The van der Waals surface area contributed by atoms with E-state index in [1.165, 1.54) is 6.20 Å². The number of nitrogens with zero attached hydrogens (tertiary/aromatic N) is 1. The highest BCUT2D eigenvalue weighted by atomic mass is 32.2. The number of hydrogen-bond donors (Lipinski definition) is 0. The van der Waals surface area contributed by atoms with Crippen LogP contribution in [0.5, 0.6) is 5.75 Å². The lowest BCUT2D eigenvalue weighted by Gasteiger charge is -2.14. The Bertz CT molecular complexity index is 1360. The van der Waals surface area contributed by atoms with Crippen LogP contribution in [0.3, 0.4) is 0 Å². The summed E-state index contributed by atoms with van der Waals surface area (Å²) >= 11 is 0. The van der Waals surface area contributed by atoms with Crippen molar-refractivity contribution in [2.24, 2.45) is 0 Å². The normalized spacial score (nSPS) is 11.4. The van der Waals surface area contributed by atoms with E-state index in [9.17, 15) is 13.2 Å². The van der Waals surface area contributed by atoms with Crippen LogP contribution >= 0.6 is 0 Å². The summed E-state index contributed by atoms with van der Waals surface area (Å²) in [5, 5.41) is 0.355. The van der Waals surface area contributed by atoms with Crippen molar-refractivity contribution in [2.75, 3.05) is 6.61 Å². The van der Waals surface area contributed by atoms with Crippen LogP contribution in [0.4, 0.5) is 0 Å². The van der Waals surface area contributed by atoms with Gasteiger partial charge in [0, 0.05) is 17.1 Å². The molecule has 6 heteroatoms. The molecular formula is C25H21NO4S. The van der Waals surface area contributed by atoms with Crippen molar-refractivity contribution >= 4 is 26.5 Å². The first-order chi connectivity index (χ1) is 14.9. The van der Waals surface area contributed by atoms with Crippen LogP contribution < -0.4 is 4.74 Å². The maximum absolute atomic E-state index is 13.8.